The molecule has 0 unspecified atom stereocenters. The van der Waals surface area contributed by atoms with E-state index in [1.54, 1.807) is 24.4 Å². The maximum atomic E-state index is 13.4. The maximum Gasteiger partial charge on any atom is 0.404 e. The van der Waals surface area contributed by atoms with Crippen LogP contribution in [0, 0.1) is 11.7 Å². The van der Waals surface area contributed by atoms with Gasteiger partial charge < -0.3 is 20.5 Å². The van der Waals surface area contributed by atoms with Crippen molar-refractivity contribution in [2.45, 2.75) is 25.3 Å². The van der Waals surface area contributed by atoms with Crippen molar-refractivity contribution in [1.82, 2.24) is 10.3 Å². The molecule has 142 valence electrons. The molecule has 1 aromatic carbocycles. The molecule has 0 radical (unpaired) electrons. The summed E-state index contributed by atoms with van der Waals surface area (Å²) in [5.74, 6) is -0.104. The number of methoxy groups -OCH3 is 1. The van der Waals surface area contributed by atoms with Gasteiger partial charge in [0.25, 0.3) is 0 Å². The minimum absolute atomic E-state index is 0.194. The first kappa shape index (κ1) is 18.6. The number of aromatic nitrogens is 1. The van der Waals surface area contributed by atoms with Crippen LogP contribution in [0.3, 0.4) is 0 Å². The molecule has 1 aliphatic rings. The highest BCUT2D eigenvalue weighted by atomic mass is 19.1. The molecule has 8 heteroatoms. The van der Waals surface area contributed by atoms with Crippen LogP contribution in [-0.2, 0) is 4.79 Å². The summed E-state index contributed by atoms with van der Waals surface area (Å²) in [7, 11) is 1.46. The highest BCUT2D eigenvalue weighted by molar-refractivity contribution is 5.92. The van der Waals surface area contributed by atoms with Gasteiger partial charge >= 0.3 is 6.09 Å². The number of anilines is 1. The van der Waals surface area contributed by atoms with Crippen LogP contribution in [0.4, 0.5) is 15.0 Å². The minimum Gasteiger partial charge on any atom is -0.496 e. The Morgan fingerprint density at radius 1 is 1.26 bits per heavy atom. The summed E-state index contributed by atoms with van der Waals surface area (Å²) >= 11 is 0. The second-order valence-electron chi connectivity index (χ2n) is 6.42. The van der Waals surface area contributed by atoms with Gasteiger partial charge in [0.05, 0.1) is 7.11 Å². The fraction of sp³-hybridized carbons (Fsp3) is 0.316. The lowest BCUT2D eigenvalue weighted by Crippen LogP contribution is -2.32. The Kier molecular flexibility index (Phi) is 5.54. The number of benzene rings is 1. The number of nitrogens with zero attached hydrogens (tertiary/aromatic N) is 1. The molecule has 27 heavy (non-hydrogen) atoms. The van der Waals surface area contributed by atoms with E-state index in [0.717, 1.165) is 5.56 Å². The molecule has 7 nitrogen and oxygen atoms in total. The molecular weight excluding hydrogens is 353 g/mol. The van der Waals surface area contributed by atoms with Gasteiger partial charge in [-0.15, -0.1) is 0 Å². The molecule has 1 aliphatic carbocycles. The number of ether oxygens (including phenoxy) is 1. The van der Waals surface area contributed by atoms with Crippen molar-refractivity contribution >= 4 is 17.8 Å². The predicted octanol–water partition coefficient (Wildman–Crippen LogP) is 3.27. The van der Waals surface area contributed by atoms with Crippen molar-refractivity contribution in [2.75, 3.05) is 12.4 Å². The van der Waals surface area contributed by atoms with Crippen molar-refractivity contribution in [1.29, 1.82) is 0 Å². The van der Waals surface area contributed by atoms with Gasteiger partial charge in [0.2, 0.25) is 5.91 Å². The fourth-order valence-corrected chi connectivity index (χ4v) is 3.32. The third kappa shape index (κ3) is 4.52. The lowest BCUT2D eigenvalue weighted by molar-refractivity contribution is -0.119. The zero-order valence-corrected chi connectivity index (χ0v) is 14.7. The standard InChI is InChI=1S/C19H20FN3O4/c1-27-16-10-13(20)3-5-15(16)11-6-7-21-17(9-11)23-18(24)12-2-4-14(8-12)22-19(25)26/h3,5-7,9-10,12,14,22H,2,4,8H2,1H3,(H,25,26)(H,21,23,24)/t12-,14+/m1/s1. The molecule has 1 heterocycles. The van der Waals surface area contributed by atoms with Crippen LogP contribution in [0.5, 0.6) is 5.75 Å². The van der Waals surface area contributed by atoms with Crippen LogP contribution in [0.15, 0.2) is 36.5 Å². The van der Waals surface area contributed by atoms with Crippen LogP contribution in [0.1, 0.15) is 19.3 Å². The Hall–Kier alpha value is -3.16. The number of hydrogen-bond acceptors (Lipinski definition) is 4. The minimum atomic E-state index is -1.08. The molecule has 0 spiro atoms. The Bertz CT molecular complexity index is 859. The quantitative estimate of drug-likeness (QED) is 0.747. The smallest absolute Gasteiger partial charge is 0.404 e. The van der Waals surface area contributed by atoms with E-state index in [0.29, 0.717) is 36.4 Å². The Morgan fingerprint density at radius 3 is 2.81 bits per heavy atom. The number of nitrogens with one attached hydrogen (secondary N) is 2. The third-order valence-electron chi connectivity index (χ3n) is 4.62. The van der Waals surface area contributed by atoms with Gasteiger partial charge in [-0.1, -0.05) is 0 Å². The largest absolute Gasteiger partial charge is 0.496 e. The third-order valence-corrected chi connectivity index (χ3v) is 4.62. The SMILES string of the molecule is COc1cc(F)ccc1-c1ccnc(NC(=O)[C@@H]2CC[C@H](NC(=O)O)C2)c1. The molecule has 1 aromatic heterocycles. The van der Waals surface area contributed by atoms with E-state index < -0.39 is 11.9 Å². The second kappa shape index (κ2) is 8.03. The summed E-state index contributed by atoms with van der Waals surface area (Å²) in [4.78, 5) is 27.3. The van der Waals surface area contributed by atoms with Crippen molar-refractivity contribution < 1.29 is 23.8 Å². The van der Waals surface area contributed by atoms with E-state index in [4.69, 9.17) is 9.84 Å². The van der Waals surface area contributed by atoms with Crippen LogP contribution in [0.25, 0.3) is 11.1 Å². The molecule has 1 saturated carbocycles. The molecule has 1 fully saturated rings. The lowest BCUT2D eigenvalue weighted by Gasteiger charge is -2.13. The van der Waals surface area contributed by atoms with E-state index in [-0.39, 0.29) is 17.9 Å². The number of carbonyl (C=O) groups is 2. The number of rotatable bonds is 5. The zero-order valence-electron chi connectivity index (χ0n) is 14.7. The highest BCUT2D eigenvalue weighted by Gasteiger charge is 2.31. The summed E-state index contributed by atoms with van der Waals surface area (Å²) in [6, 6.07) is 7.46. The summed E-state index contributed by atoms with van der Waals surface area (Å²) in [6.45, 7) is 0. The molecule has 2 atom stereocenters. The van der Waals surface area contributed by atoms with Gasteiger partial charge in [0, 0.05) is 29.8 Å². The summed E-state index contributed by atoms with van der Waals surface area (Å²) in [5, 5.41) is 14.0. The van der Waals surface area contributed by atoms with E-state index in [2.05, 4.69) is 15.6 Å². The first-order valence-corrected chi connectivity index (χ1v) is 8.56. The molecule has 0 bridgehead atoms. The zero-order chi connectivity index (χ0) is 19.4. The Balaban J connectivity index is 1.71. The van der Waals surface area contributed by atoms with Crippen molar-refractivity contribution in [3.8, 4) is 16.9 Å². The summed E-state index contributed by atoms with van der Waals surface area (Å²) in [5.41, 5.74) is 1.41. The van der Waals surface area contributed by atoms with E-state index in [9.17, 15) is 14.0 Å². The molecule has 2 aromatic rings. The van der Waals surface area contributed by atoms with Gasteiger partial charge in [-0.25, -0.2) is 14.2 Å². The highest BCUT2D eigenvalue weighted by Crippen LogP contribution is 2.32. The Morgan fingerprint density at radius 2 is 2.07 bits per heavy atom. The van der Waals surface area contributed by atoms with Gasteiger partial charge in [-0.3, -0.25) is 4.79 Å². The summed E-state index contributed by atoms with van der Waals surface area (Å²) < 4.78 is 18.6. The Labute approximate surface area is 155 Å². The topological polar surface area (TPSA) is 101 Å². The molecule has 3 N–H and O–H groups in total. The van der Waals surface area contributed by atoms with Crippen LogP contribution < -0.4 is 15.4 Å². The van der Waals surface area contributed by atoms with Crippen molar-refractivity contribution in [2.24, 2.45) is 5.92 Å². The van der Waals surface area contributed by atoms with E-state index in [1.807, 2.05) is 0 Å². The van der Waals surface area contributed by atoms with Gasteiger partial charge in [0.1, 0.15) is 17.4 Å². The lowest BCUT2D eigenvalue weighted by atomic mass is 10.0. The first-order chi connectivity index (χ1) is 13.0. The normalized spacial score (nSPS) is 18.7. The summed E-state index contributed by atoms with van der Waals surface area (Å²) in [6.07, 6.45) is 2.18. The second-order valence-corrected chi connectivity index (χ2v) is 6.42. The molecule has 0 aliphatic heterocycles. The maximum absolute atomic E-state index is 13.4. The van der Waals surface area contributed by atoms with Crippen molar-refractivity contribution in [3.05, 3.63) is 42.3 Å². The van der Waals surface area contributed by atoms with E-state index >= 15 is 0 Å². The first-order valence-electron chi connectivity index (χ1n) is 8.56. The van der Waals surface area contributed by atoms with Crippen LogP contribution in [0.2, 0.25) is 0 Å². The molecule has 2 amide bonds. The number of carboxylic acid groups (broad SMARTS) is 1. The van der Waals surface area contributed by atoms with Gasteiger partial charge in [-0.05, 0) is 49.1 Å². The van der Waals surface area contributed by atoms with Crippen molar-refractivity contribution in [3.63, 3.8) is 0 Å². The van der Waals surface area contributed by atoms with Gasteiger partial charge in [0.15, 0.2) is 0 Å². The van der Waals surface area contributed by atoms with Crippen LogP contribution in [-0.4, -0.2) is 35.2 Å². The average Bonchev–Trinajstić information content (AvgIpc) is 3.09. The van der Waals surface area contributed by atoms with E-state index in [1.165, 1.54) is 19.2 Å². The van der Waals surface area contributed by atoms with Gasteiger partial charge in [-0.2, -0.15) is 0 Å². The molecular formula is C19H20FN3O4. The number of halogens is 1. The number of pyridine rings is 1. The number of amides is 2. The predicted molar refractivity (Wildman–Crippen MR) is 97.1 cm³/mol. The number of carbonyl (C=O) groups excluding carboxylic acids is 1. The molecule has 3 rings (SSSR count). The fourth-order valence-electron chi connectivity index (χ4n) is 3.32. The molecule has 0 saturated heterocycles. The van der Waals surface area contributed by atoms with Crippen LogP contribution >= 0.6 is 0 Å². The average molecular weight is 373 g/mol. The number of hydrogen-bond donors (Lipinski definition) is 3. The monoisotopic (exact) mass is 373 g/mol.